The number of aromatic carboxylic acids is 1. The first-order chi connectivity index (χ1) is 10.1. The van der Waals surface area contributed by atoms with E-state index in [1.807, 2.05) is 30.3 Å². The molecule has 2 rings (SSSR count). The molecule has 0 aliphatic heterocycles. The minimum Gasteiger partial charge on any atom is -0.476 e. The van der Waals surface area contributed by atoms with Crippen molar-refractivity contribution in [2.24, 2.45) is 0 Å². The van der Waals surface area contributed by atoms with Gasteiger partial charge in [-0.3, -0.25) is 4.90 Å². The third-order valence-corrected chi connectivity index (χ3v) is 2.69. The Kier molecular flexibility index (Phi) is 4.45. The van der Waals surface area contributed by atoms with Crippen LogP contribution in [0.15, 0.2) is 42.5 Å². The summed E-state index contributed by atoms with van der Waals surface area (Å²) in [6.07, 6.45) is -0.601. The van der Waals surface area contributed by atoms with E-state index in [0.29, 0.717) is 0 Å². The van der Waals surface area contributed by atoms with E-state index in [1.54, 1.807) is 0 Å². The van der Waals surface area contributed by atoms with Gasteiger partial charge in [-0.2, -0.15) is 0 Å². The topological polar surface area (TPSA) is 92.6 Å². The number of carbonyl (C=O) groups excluding carboxylic acids is 1. The fraction of sp³-hybridized carbons (Fsp3) is 0.143. The Hall–Kier alpha value is -2.96. The summed E-state index contributed by atoms with van der Waals surface area (Å²) in [6.45, 7) is 0.144. The molecule has 0 spiro atoms. The summed E-state index contributed by atoms with van der Waals surface area (Å²) in [6, 6.07) is 11.9. The fourth-order valence-corrected chi connectivity index (χ4v) is 1.53. The van der Waals surface area contributed by atoms with E-state index in [1.165, 1.54) is 19.2 Å². The number of hydrogen-bond donors (Lipinski definition) is 1. The Morgan fingerprint density at radius 3 is 2.43 bits per heavy atom. The smallest absolute Gasteiger partial charge is 0.415 e. The van der Waals surface area contributed by atoms with Gasteiger partial charge >= 0.3 is 12.1 Å². The number of carboxylic acids is 1. The number of amides is 1. The van der Waals surface area contributed by atoms with Crippen LogP contribution in [0.3, 0.4) is 0 Å². The first-order valence-corrected chi connectivity index (χ1v) is 6.09. The molecule has 0 aliphatic carbocycles. The Morgan fingerprint density at radius 2 is 1.86 bits per heavy atom. The van der Waals surface area contributed by atoms with Crippen molar-refractivity contribution in [1.29, 1.82) is 0 Å². The van der Waals surface area contributed by atoms with Crippen LogP contribution in [0.2, 0.25) is 0 Å². The van der Waals surface area contributed by atoms with Gasteiger partial charge in [0.2, 0.25) is 0 Å². The minimum atomic E-state index is -1.18. The number of ether oxygens (including phenoxy) is 1. The highest BCUT2D eigenvalue weighted by Crippen LogP contribution is 2.10. The summed E-state index contributed by atoms with van der Waals surface area (Å²) in [5, 5.41) is 15.9. The standard InChI is InChI=1S/C14H13N3O4/c1-17(12-8-7-11(13(18)19)15-16-12)14(20)21-9-10-5-3-2-4-6-10/h2-8H,9H2,1H3,(H,18,19). The first kappa shape index (κ1) is 14.4. The zero-order valence-corrected chi connectivity index (χ0v) is 11.3. The molecule has 1 N–H and O–H groups in total. The third kappa shape index (κ3) is 3.75. The maximum atomic E-state index is 11.9. The van der Waals surface area contributed by atoms with Gasteiger partial charge in [-0.15, -0.1) is 10.2 Å². The maximum absolute atomic E-state index is 11.9. The molecule has 0 atom stereocenters. The Bertz CT molecular complexity index is 628. The van der Waals surface area contributed by atoms with Gasteiger partial charge in [-0.1, -0.05) is 30.3 Å². The summed E-state index contributed by atoms with van der Waals surface area (Å²) >= 11 is 0. The van der Waals surface area contributed by atoms with Crippen molar-refractivity contribution < 1.29 is 19.4 Å². The van der Waals surface area contributed by atoms with Crippen LogP contribution in [-0.4, -0.2) is 34.4 Å². The van der Waals surface area contributed by atoms with E-state index in [9.17, 15) is 9.59 Å². The second-order valence-corrected chi connectivity index (χ2v) is 4.18. The zero-order valence-electron chi connectivity index (χ0n) is 11.3. The molecule has 0 bridgehead atoms. The second-order valence-electron chi connectivity index (χ2n) is 4.18. The van der Waals surface area contributed by atoms with Crippen LogP contribution in [0, 0.1) is 0 Å². The molecule has 1 aromatic heterocycles. The molecule has 0 saturated heterocycles. The predicted molar refractivity (Wildman–Crippen MR) is 74.0 cm³/mol. The molecule has 1 heterocycles. The van der Waals surface area contributed by atoms with Gasteiger partial charge in [0.15, 0.2) is 11.5 Å². The van der Waals surface area contributed by atoms with Crippen molar-refractivity contribution in [3.63, 3.8) is 0 Å². The van der Waals surface area contributed by atoms with Crippen LogP contribution in [0.5, 0.6) is 0 Å². The Balaban J connectivity index is 1.97. The quantitative estimate of drug-likeness (QED) is 0.923. The SMILES string of the molecule is CN(C(=O)OCc1ccccc1)c1ccc(C(=O)O)nn1. The van der Waals surface area contributed by atoms with Crippen LogP contribution < -0.4 is 4.90 Å². The molecule has 21 heavy (non-hydrogen) atoms. The molecular weight excluding hydrogens is 274 g/mol. The van der Waals surface area contributed by atoms with Crippen molar-refractivity contribution in [1.82, 2.24) is 10.2 Å². The van der Waals surface area contributed by atoms with Crippen LogP contribution in [0.25, 0.3) is 0 Å². The lowest BCUT2D eigenvalue weighted by Crippen LogP contribution is -2.28. The Morgan fingerprint density at radius 1 is 1.14 bits per heavy atom. The summed E-state index contributed by atoms with van der Waals surface area (Å²) < 4.78 is 5.12. The molecule has 7 heteroatoms. The predicted octanol–water partition coefficient (Wildman–Crippen LogP) is 1.95. The van der Waals surface area contributed by atoms with Crippen molar-refractivity contribution in [3.8, 4) is 0 Å². The molecule has 1 amide bonds. The Labute approximate surface area is 120 Å². The van der Waals surface area contributed by atoms with E-state index in [4.69, 9.17) is 9.84 Å². The van der Waals surface area contributed by atoms with Gasteiger partial charge in [0.1, 0.15) is 6.61 Å². The number of carboxylic acid groups (broad SMARTS) is 1. The lowest BCUT2D eigenvalue weighted by molar-refractivity contribution is 0.0689. The first-order valence-electron chi connectivity index (χ1n) is 6.09. The summed E-state index contributed by atoms with van der Waals surface area (Å²) in [4.78, 5) is 23.7. The summed E-state index contributed by atoms with van der Waals surface area (Å²) in [7, 11) is 1.47. The monoisotopic (exact) mass is 287 g/mol. The average Bonchev–Trinajstić information content (AvgIpc) is 2.53. The number of nitrogens with zero attached hydrogens (tertiary/aromatic N) is 3. The van der Waals surface area contributed by atoms with Crippen molar-refractivity contribution >= 4 is 17.9 Å². The van der Waals surface area contributed by atoms with Gasteiger partial charge in [0.05, 0.1) is 0 Å². The van der Waals surface area contributed by atoms with Crippen LogP contribution in [-0.2, 0) is 11.3 Å². The van der Waals surface area contributed by atoms with E-state index < -0.39 is 12.1 Å². The molecular formula is C14H13N3O4. The van der Waals surface area contributed by atoms with E-state index in [-0.39, 0.29) is 18.1 Å². The maximum Gasteiger partial charge on any atom is 0.415 e. The normalized spacial score (nSPS) is 9.95. The number of hydrogen-bond acceptors (Lipinski definition) is 5. The van der Waals surface area contributed by atoms with Crippen LogP contribution >= 0.6 is 0 Å². The summed E-state index contributed by atoms with van der Waals surface area (Å²) in [5.74, 6) is -0.971. The number of carbonyl (C=O) groups is 2. The fourth-order valence-electron chi connectivity index (χ4n) is 1.53. The van der Waals surface area contributed by atoms with Crippen molar-refractivity contribution in [2.75, 3.05) is 11.9 Å². The lowest BCUT2D eigenvalue weighted by Gasteiger charge is -2.15. The number of anilines is 1. The van der Waals surface area contributed by atoms with E-state index in [0.717, 1.165) is 10.5 Å². The minimum absolute atomic E-state index is 0.144. The number of aromatic nitrogens is 2. The summed E-state index contributed by atoms with van der Waals surface area (Å²) in [5.41, 5.74) is 0.677. The van der Waals surface area contributed by atoms with Crippen molar-refractivity contribution in [2.45, 2.75) is 6.61 Å². The van der Waals surface area contributed by atoms with Crippen molar-refractivity contribution in [3.05, 3.63) is 53.7 Å². The molecule has 0 radical (unpaired) electrons. The van der Waals surface area contributed by atoms with Crippen LogP contribution in [0.4, 0.5) is 10.6 Å². The molecule has 108 valence electrons. The highest BCUT2D eigenvalue weighted by atomic mass is 16.6. The molecule has 0 unspecified atom stereocenters. The van der Waals surface area contributed by atoms with Gasteiger partial charge in [0, 0.05) is 7.05 Å². The number of benzene rings is 1. The van der Waals surface area contributed by atoms with E-state index >= 15 is 0 Å². The lowest BCUT2D eigenvalue weighted by atomic mass is 10.2. The molecule has 1 aromatic carbocycles. The van der Waals surface area contributed by atoms with Gasteiger partial charge in [-0.25, -0.2) is 9.59 Å². The molecule has 2 aromatic rings. The number of rotatable bonds is 4. The third-order valence-electron chi connectivity index (χ3n) is 2.69. The highest BCUT2D eigenvalue weighted by molar-refractivity contribution is 5.87. The largest absolute Gasteiger partial charge is 0.476 e. The van der Waals surface area contributed by atoms with E-state index in [2.05, 4.69) is 10.2 Å². The highest BCUT2D eigenvalue weighted by Gasteiger charge is 2.15. The molecule has 0 aliphatic rings. The molecule has 0 fully saturated rings. The second kappa shape index (κ2) is 6.47. The zero-order chi connectivity index (χ0) is 15.2. The van der Waals surface area contributed by atoms with Gasteiger partial charge in [0.25, 0.3) is 0 Å². The molecule has 0 saturated carbocycles. The van der Waals surface area contributed by atoms with Gasteiger partial charge < -0.3 is 9.84 Å². The van der Waals surface area contributed by atoms with Gasteiger partial charge in [-0.05, 0) is 17.7 Å². The van der Waals surface area contributed by atoms with Crippen LogP contribution in [0.1, 0.15) is 16.1 Å². The average molecular weight is 287 g/mol. The molecule has 7 nitrogen and oxygen atoms in total.